The highest BCUT2D eigenvalue weighted by Crippen LogP contribution is 2.23. The fraction of sp³-hybridized carbons (Fsp3) is 0.643. The molecule has 0 aromatic heterocycles. The van der Waals surface area contributed by atoms with Crippen molar-refractivity contribution < 1.29 is 4.79 Å². The van der Waals surface area contributed by atoms with Gasteiger partial charge in [-0.15, -0.1) is 13.2 Å². The molecule has 0 radical (unpaired) electrons. The minimum atomic E-state index is -0.522. The number of ketones is 1. The molecule has 0 amide bonds. The van der Waals surface area contributed by atoms with E-state index in [0.29, 0.717) is 12.8 Å². The van der Waals surface area contributed by atoms with Crippen LogP contribution in [-0.4, -0.2) is 17.4 Å². The Bertz CT molecular complexity index is 243. The zero-order chi connectivity index (χ0) is 12.8. The zero-order valence-electron chi connectivity index (χ0n) is 11.0. The molecule has 0 atom stereocenters. The quantitative estimate of drug-likeness (QED) is 0.641. The largest absolute Gasteiger partial charge is 0.302 e. The summed E-state index contributed by atoms with van der Waals surface area (Å²) in [6, 6.07) is 0.266. The van der Waals surface area contributed by atoms with E-state index in [4.69, 9.17) is 0 Å². The van der Waals surface area contributed by atoms with Crippen LogP contribution < -0.4 is 5.32 Å². The first kappa shape index (κ1) is 15.1. The summed E-state index contributed by atoms with van der Waals surface area (Å²) in [6.07, 6.45) is 4.90. The van der Waals surface area contributed by atoms with Gasteiger partial charge in [0, 0.05) is 12.0 Å². The molecule has 0 saturated heterocycles. The maximum Gasteiger partial charge on any atom is 0.156 e. The number of hydrogen-bond donors (Lipinski definition) is 1. The average molecular weight is 223 g/mol. The Kier molecular flexibility index (Phi) is 6.27. The van der Waals surface area contributed by atoms with Crippen LogP contribution in [0.4, 0.5) is 0 Å². The molecule has 0 aliphatic carbocycles. The summed E-state index contributed by atoms with van der Waals surface area (Å²) >= 11 is 0. The first-order valence-electron chi connectivity index (χ1n) is 5.93. The van der Waals surface area contributed by atoms with E-state index in [9.17, 15) is 4.79 Å². The summed E-state index contributed by atoms with van der Waals surface area (Å²) in [5.41, 5.74) is -0.522. The zero-order valence-corrected chi connectivity index (χ0v) is 11.0. The van der Waals surface area contributed by atoms with Gasteiger partial charge in [0.1, 0.15) is 0 Å². The van der Waals surface area contributed by atoms with Crippen LogP contribution in [0.2, 0.25) is 0 Å². The van der Waals surface area contributed by atoms with Gasteiger partial charge < -0.3 is 5.32 Å². The molecular weight excluding hydrogens is 198 g/mol. The number of nitrogens with one attached hydrogen (secondary N) is 1. The van der Waals surface area contributed by atoms with Crippen molar-refractivity contribution in [2.75, 3.05) is 0 Å². The molecule has 0 aliphatic rings. The Morgan fingerprint density at radius 2 is 1.62 bits per heavy atom. The van der Waals surface area contributed by atoms with Crippen LogP contribution in [0, 0.1) is 5.92 Å². The lowest BCUT2D eigenvalue weighted by Crippen LogP contribution is -2.55. The summed E-state index contributed by atoms with van der Waals surface area (Å²) in [5.74, 6) is 0.257. The lowest BCUT2D eigenvalue weighted by Gasteiger charge is -2.35. The van der Waals surface area contributed by atoms with E-state index in [1.54, 1.807) is 12.2 Å². The molecule has 92 valence electrons. The maximum absolute atomic E-state index is 12.3. The van der Waals surface area contributed by atoms with Crippen molar-refractivity contribution in [3.63, 3.8) is 0 Å². The second-order valence-corrected chi connectivity index (χ2v) is 4.89. The normalized spacial score (nSPS) is 11.9. The lowest BCUT2D eigenvalue weighted by atomic mass is 9.81. The smallest absolute Gasteiger partial charge is 0.156 e. The number of carbonyl (C=O) groups excluding carboxylic acids is 1. The van der Waals surface area contributed by atoms with Gasteiger partial charge in [-0.2, -0.15) is 0 Å². The molecule has 0 aromatic rings. The van der Waals surface area contributed by atoms with E-state index in [-0.39, 0.29) is 17.7 Å². The summed E-state index contributed by atoms with van der Waals surface area (Å²) in [6.45, 7) is 15.5. The molecule has 0 fully saturated rings. The van der Waals surface area contributed by atoms with Gasteiger partial charge in [0.2, 0.25) is 0 Å². The average Bonchev–Trinajstić information content (AvgIpc) is 2.16. The lowest BCUT2D eigenvalue weighted by molar-refractivity contribution is -0.128. The Labute approximate surface area is 99.8 Å². The second-order valence-electron chi connectivity index (χ2n) is 4.89. The van der Waals surface area contributed by atoms with Crippen molar-refractivity contribution in [1.29, 1.82) is 0 Å². The van der Waals surface area contributed by atoms with Crippen molar-refractivity contribution in [2.24, 2.45) is 5.92 Å². The predicted octanol–water partition coefficient (Wildman–Crippen LogP) is 3.10. The molecule has 0 bridgehead atoms. The Morgan fingerprint density at radius 3 is 1.88 bits per heavy atom. The molecule has 2 nitrogen and oxygen atoms in total. The van der Waals surface area contributed by atoms with Crippen molar-refractivity contribution >= 4 is 5.78 Å². The number of Topliss-reactive ketones (excluding diaryl/α,β-unsaturated/α-hetero) is 1. The van der Waals surface area contributed by atoms with Crippen LogP contribution in [0.25, 0.3) is 0 Å². The molecule has 0 unspecified atom stereocenters. The van der Waals surface area contributed by atoms with Crippen LogP contribution in [0.3, 0.4) is 0 Å². The summed E-state index contributed by atoms with van der Waals surface area (Å²) < 4.78 is 0. The molecule has 2 heteroatoms. The van der Waals surface area contributed by atoms with Crippen molar-refractivity contribution in [2.45, 2.75) is 52.1 Å². The first-order valence-corrected chi connectivity index (χ1v) is 5.93. The van der Waals surface area contributed by atoms with E-state index in [0.717, 1.165) is 0 Å². The van der Waals surface area contributed by atoms with Gasteiger partial charge in [-0.05, 0) is 26.7 Å². The van der Waals surface area contributed by atoms with Gasteiger partial charge in [0.05, 0.1) is 5.54 Å². The fourth-order valence-electron chi connectivity index (χ4n) is 2.07. The number of hydrogen-bond acceptors (Lipinski definition) is 2. The summed E-state index contributed by atoms with van der Waals surface area (Å²) in [7, 11) is 0. The van der Waals surface area contributed by atoms with Gasteiger partial charge in [-0.25, -0.2) is 0 Å². The summed E-state index contributed by atoms with van der Waals surface area (Å²) in [4.78, 5) is 12.3. The molecule has 0 aliphatic heterocycles. The Balaban J connectivity index is 5.13. The summed E-state index contributed by atoms with van der Waals surface area (Å²) in [5, 5.41) is 3.38. The topological polar surface area (TPSA) is 29.1 Å². The molecule has 0 saturated carbocycles. The third-order valence-electron chi connectivity index (χ3n) is 2.55. The van der Waals surface area contributed by atoms with Gasteiger partial charge in [-0.1, -0.05) is 26.0 Å². The fourth-order valence-corrected chi connectivity index (χ4v) is 2.07. The van der Waals surface area contributed by atoms with E-state index in [1.807, 2.05) is 13.8 Å². The van der Waals surface area contributed by atoms with Crippen molar-refractivity contribution in [1.82, 2.24) is 5.32 Å². The Hall–Kier alpha value is -0.890. The van der Waals surface area contributed by atoms with Crippen LogP contribution in [0.5, 0.6) is 0 Å². The molecule has 0 rings (SSSR count). The van der Waals surface area contributed by atoms with Crippen LogP contribution in [-0.2, 0) is 4.79 Å². The molecule has 0 heterocycles. The van der Waals surface area contributed by atoms with Crippen LogP contribution in [0.15, 0.2) is 25.3 Å². The molecule has 1 N–H and O–H groups in total. The van der Waals surface area contributed by atoms with E-state index < -0.39 is 5.54 Å². The van der Waals surface area contributed by atoms with Gasteiger partial charge in [0.25, 0.3) is 0 Å². The van der Waals surface area contributed by atoms with E-state index in [2.05, 4.69) is 32.3 Å². The van der Waals surface area contributed by atoms with Crippen molar-refractivity contribution in [3.05, 3.63) is 25.3 Å². The standard InChI is InChI=1S/C14H25NO/c1-7-9-14(10-8-2,15-12(5)6)13(16)11(3)4/h7-8,11-12,15H,1-2,9-10H2,3-6H3. The molecular formula is C14H25NO. The third kappa shape index (κ3) is 3.93. The third-order valence-corrected chi connectivity index (χ3v) is 2.55. The van der Waals surface area contributed by atoms with Gasteiger partial charge in [0.15, 0.2) is 5.78 Å². The molecule has 0 spiro atoms. The van der Waals surface area contributed by atoms with Gasteiger partial charge in [-0.3, -0.25) is 4.79 Å². The monoisotopic (exact) mass is 223 g/mol. The molecule has 0 aromatic carbocycles. The number of rotatable bonds is 8. The SMILES string of the molecule is C=CCC(CC=C)(NC(C)C)C(=O)C(C)C. The highest BCUT2D eigenvalue weighted by atomic mass is 16.1. The van der Waals surface area contributed by atoms with Crippen molar-refractivity contribution in [3.8, 4) is 0 Å². The van der Waals surface area contributed by atoms with Crippen LogP contribution in [0.1, 0.15) is 40.5 Å². The second kappa shape index (κ2) is 6.64. The van der Waals surface area contributed by atoms with E-state index >= 15 is 0 Å². The maximum atomic E-state index is 12.3. The van der Waals surface area contributed by atoms with Gasteiger partial charge >= 0.3 is 0 Å². The Morgan fingerprint density at radius 1 is 1.19 bits per heavy atom. The minimum absolute atomic E-state index is 0.0196. The highest BCUT2D eigenvalue weighted by molar-refractivity contribution is 5.90. The highest BCUT2D eigenvalue weighted by Gasteiger charge is 2.37. The minimum Gasteiger partial charge on any atom is -0.302 e. The van der Waals surface area contributed by atoms with Crippen LogP contribution >= 0.6 is 0 Å². The molecule has 16 heavy (non-hydrogen) atoms. The first-order chi connectivity index (χ1) is 7.39. The van der Waals surface area contributed by atoms with E-state index in [1.165, 1.54) is 0 Å². The number of carbonyl (C=O) groups is 1. The predicted molar refractivity (Wildman–Crippen MR) is 70.5 cm³/mol.